The lowest BCUT2D eigenvalue weighted by Crippen LogP contribution is -2.16. The number of nitrogens with one attached hydrogen (secondary N) is 1. The molecule has 1 aromatic heterocycles. The molecule has 0 amide bonds. The molecule has 0 aliphatic carbocycles. The van der Waals surface area contributed by atoms with E-state index >= 15 is 0 Å². The van der Waals surface area contributed by atoms with Crippen molar-refractivity contribution in [2.75, 3.05) is 7.11 Å². The second-order valence-electron chi connectivity index (χ2n) is 4.52. The standard InChI is InChI=1S/C15H18N2O2/c1-5-12-10(3)16-14(17-15(12)18)11-6-7-13(19-4)9(2)8-11/h6-8H,5H2,1-4H3,(H,16,17,18). The average Bonchev–Trinajstić information content (AvgIpc) is 2.38. The minimum atomic E-state index is -0.0570. The first-order valence-electron chi connectivity index (χ1n) is 6.31. The highest BCUT2D eigenvalue weighted by atomic mass is 16.5. The van der Waals surface area contributed by atoms with Gasteiger partial charge in [-0.3, -0.25) is 4.79 Å². The maximum Gasteiger partial charge on any atom is 0.254 e. The monoisotopic (exact) mass is 258 g/mol. The Hall–Kier alpha value is -2.10. The van der Waals surface area contributed by atoms with Gasteiger partial charge in [0, 0.05) is 16.8 Å². The van der Waals surface area contributed by atoms with Crippen LogP contribution in [-0.4, -0.2) is 17.1 Å². The first kappa shape index (κ1) is 13.3. The van der Waals surface area contributed by atoms with E-state index < -0.39 is 0 Å². The summed E-state index contributed by atoms with van der Waals surface area (Å²) in [5.74, 6) is 1.43. The Kier molecular flexibility index (Phi) is 3.69. The van der Waals surface area contributed by atoms with Gasteiger partial charge < -0.3 is 9.72 Å². The van der Waals surface area contributed by atoms with Crippen LogP contribution in [0.25, 0.3) is 11.4 Å². The first-order valence-corrected chi connectivity index (χ1v) is 6.31. The normalized spacial score (nSPS) is 10.5. The van der Waals surface area contributed by atoms with Crippen LogP contribution >= 0.6 is 0 Å². The molecule has 1 N–H and O–H groups in total. The van der Waals surface area contributed by atoms with Crippen LogP contribution < -0.4 is 10.3 Å². The number of aromatic amines is 1. The maximum absolute atomic E-state index is 12.0. The van der Waals surface area contributed by atoms with E-state index in [1.807, 2.05) is 39.0 Å². The highest BCUT2D eigenvalue weighted by Gasteiger charge is 2.09. The van der Waals surface area contributed by atoms with Crippen molar-refractivity contribution in [3.05, 3.63) is 45.4 Å². The Morgan fingerprint density at radius 1 is 1.32 bits per heavy atom. The Balaban J connectivity index is 2.54. The van der Waals surface area contributed by atoms with E-state index in [0.29, 0.717) is 12.2 Å². The van der Waals surface area contributed by atoms with E-state index in [1.54, 1.807) is 7.11 Å². The van der Waals surface area contributed by atoms with Crippen LogP contribution in [0.5, 0.6) is 5.75 Å². The smallest absolute Gasteiger partial charge is 0.254 e. The lowest BCUT2D eigenvalue weighted by atomic mass is 10.1. The third-order valence-corrected chi connectivity index (χ3v) is 3.24. The third kappa shape index (κ3) is 2.52. The van der Waals surface area contributed by atoms with Crippen molar-refractivity contribution in [3.63, 3.8) is 0 Å². The van der Waals surface area contributed by atoms with Crippen LogP contribution in [0.15, 0.2) is 23.0 Å². The Bertz CT molecular complexity index is 660. The lowest BCUT2D eigenvalue weighted by molar-refractivity contribution is 0.412. The van der Waals surface area contributed by atoms with Gasteiger partial charge in [0.15, 0.2) is 0 Å². The Morgan fingerprint density at radius 3 is 2.58 bits per heavy atom. The number of H-pyrrole nitrogens is 1. The summed E-state index contributed by atoms with van der Waals surface area (Å²) in [6.07, 6.45) is 0.691. The highest BCUT2D eigenvalue weighted by Crippen LogP contribution is 2.23. The second-order valence-corrected chi connectivity index (χ2v) is 4.52. The van der Waals surface area contributed by atoms with Crippen LogP contribution in [0.4, 0.5) is 0 Å². The van der Waals surface area contributed by atoms with Gasteiger partial charge in [0.1, 0.15) is 11.6 Å². The zero-order valence-electron chi connectivity index (χ0n) is 11.7. The summed E-state index contributed by atoms with van der Waals surface area (Å²) in [6, 6.07) is 5.74. The SMILES string of the molecule is CCc1c(C)nc(-c2ccc(OC)c(C)c2)[nH]c1=O. The number of benzene rings is 1. The summed E-state index contributed by atoms with van der Waals surface area (Å²) in [6.45, 7) is 5.79. The summed E-state index contributed by atoms with van der Waals surface area (Å²) < 4.78 is 5.23. The number of aromatic nitrogens is 2. The molecule has 4 nitrogen and oxygen atoms in total. The van der Waals surface area contributed by atoms with Crippen LogP contribution in [-0.2, 0) is 6.42 Å². The lowest BCUT2D eigenvalue weighted by Gasteiger charge is -2.09. The molecule has 0 bridgehead atoms. The van der Waals surface area contributed by atoms with Gasteiger partial charge in [-0.25, -0.2) is 4.98 Å². The fourth-order valence-corrected chi connectivity index (χ4v) is 2.19. The minimum Gasteiger partial charge on any atom is -0.496 e. The molecular formula is C15H18N2O2. The number of hydrogen-bond acceptors (Lipinski definition) is 3. The van der Waals surface area contributed by atoms with E-state index in [9.17, 15) is 4.79 Å². The van der Waals surface area contributed by atoms with Crippen molar-refractivity contribution < 1.29 is 4.74 Å². The van der Waals surface area contributed by atoms with Crippen LogP contribution in [0.3, 0.4) is 0 Å². The minimum absolute atomic E-state index is 0.0570. The van der Waals surface area contributed by atoms with Gasteiger partial charge >= 0.3 is 0 Å². The first-order chi connectivity index (χ1) is 9.06. The van der Waals surface area contributed by atoms with Gasteiger partial charge in [-0.15, -0.1) is 0 Å². The molecule has 0 aliphatic heterocycles. The fraction of sp³-hybridized carbons (Fsp3) is 0.333. The molecule has 1 heterocycles. The fourth-order valence-electron chi connectivity index (χ4n) is 2.19. The van der Waals surface area contributed by atoms with Crippen LogP contribution in [0.2, 0.25) is 0 Å². The van der Waals surface area contributed by atoms with E-state index in [1.165, 1.54) is 0 Å². The molecule has 19 heavy (non-hydrogen) atoms. The van der Waals surface area contributed by atoms with Crippen molar-refractivity contribution in [1.29, 1.82) is 0 Å². The molecule has 100 valence electrons. The zero-order valence-corrected chi connectivity index (χ0v) is 11.7. The van der Waals surface area contributed by atoms with Crippen molar-refractivity contribution in [2.45, 2.75) is 27.2 Å². The van der Waals surface area contributed by atoms with Crippen LogP contribution in [0, 0.1) is 13.8 Å². The molecule has 0 aliphatic rings. The molecule has 1 aromatic carbocycles. The largest absolute Gasteiger partial charge is 0.496 e. The third-order valence-electron chi connectivity index (χ3n) is 3.24. The number of methoxy groups -OCH3 is 1. The summed E-state index contributed by atoms with van der Waals surface area (Å²) in [7, 11) is 1.64. The molecule has 0 spiro atoms. The van der Waals surface area contributed by atoms with Crippen molar-refractivity contribution in [1.82, 2.24) is 9.97 Å². The maximum atomic E-state index is 12.0. The molecule has 0 fully saturated rings. The number of nitrogens with zero attached hydrogens (tertiary/aromatic N) is 1. The van der Waals surface area contributed by atoms with E-state index in [2.05, 4.69) is 9.97 Å². The molecule has 0 saturated carbocycles. The second kappa shape index (κ2) is 5.26. The van der Waals surface area contributed by atoms with Crippen molar-refractivity contribution in [2.24, 2.45) is 0 Å². The topological polar surface area (TPSA) is 55.0 Å². The highest BCUT2D eigenvalue weighted by molar-refractivity contribution is 5.58. The van der Waals surface area contributed by atoms with E-state index in [0.717, 1.165) is 28.1 Å². The molecule has 0 saturated heterocycles. The van der Waals surface area contributed by atoms with Gasteiger partial charge in [0.05, 0.1) is 7.11 Å². The number of hydrogen-bond donors (Lipinski definition) is 1. The van der Waals surface area contributed by atoms with Gasteiger partial charge in [-0.1, -0.05) is 6.92 Å². The molecule has 2 aromatic rings. The average molecular weight is 258 g/mol. The quantitative estimate of drug-likeness (QED) is 0.920. The number of rotatable bonds is 3. The molecule has 0 radical (unpaired) electrons. The predicted molar refractivity (Wildman–Crippen MR) is 75.7 cm³/mol. The molecular weight excluding hydrogens is 240 g/mol. The predicted octanol–water partition coefficient (Wildman–Crippen LogP) is 2.62. The zero-order chi connectivity index (χ0) is 14.0. The summed E-state index contributed by atoms with van der Waals surface area (Å²) in [5, 5.41) is 0. The van der Waals surface area contributed by atoms with Crippen molar-refractivity contribution in [3.8, 4) is 17.1 Å². The summed E-state index contributed by atoms with van der Waals surface area (Å²) in [5.41, 5.74) is 3.38. The Labute approximate surface area is 112 Å². The van der Waals surface area contributed by atoms with Crippen LogP contribution in [0.1, 0.15) is 23.7 Å². The molecule has 2 rings (SSSR count). The van der Waals surface area contributed by atoms with Gasteiger partial charge in [0.2, 0.25) is 0 Å². The number of ether oxygens (including phenoxy) is 1. The van der Waals surface area contributed by atoms with Gasteiger partial charge in [-0.2, -0.15) is 0 Å². The van der Waals surface area contributed by atoms with Gasteiger partial charge in [0.25, 0.3) is 5.56 Å². The number of aryl methyl sites for hydroxylation is 2. The van der Waals surface area contributed by atoms with Gasteiger partial charge in [-0.05, 0) is 44.0 Å². The van der Waals surface area contributed by atoms with E-state index in [-0.39, 0.29) is 5.56 Å². The van der Waals surface area contributed by atoms with Crippen molar-refractivity contribution >= 4 is 0 Å². The summed E-state index contributed by atoms with van der Waals surface area (Å²) >= 11 is 0. The molecule has 0 atom stereocenters. The molecule has 0 unspecified atom stereocenters. The molecule has 4 heteroatoms. The van der Waals surface area contributed by atoms with E-state index in [4.69, 9.17) is 4.74 Å². The Morgan fingerprint density at radius 2 is 2.05 bits per heavy atom. The summed E-state index contributed by atoms with van der Waals surface area (Å²) in [4.78, 5) is 19.3.